The molecule has 1 amide bonds. The van der Waals surface area contributed by atoms with Gasteiger partial charge in [-0.3, -0.25) is 9.89 Å². The Kier molecular flexibility index (Phi) is 5.19. The van der Waals surface area contributed by atoms with Crippen LogP contribution in [0.4, 0.5) is 5.82 Å². The maximum atomic E-state index is 12.5. The van der Waals surface area contributed by atoms with E-state index in [1.165, 1.54) is 0 Å². The molecule has 0 saturated carbocycles. The zero-order valence-electron chi connectivity index (χ0n) is 13.9. The summed E-state index contributed by atoms with van der Waals surface area (Å²) in [5.41, 5.74) is 2.73. The van der Waals surface area contributed by atoms with Crippen molar-refractivity contribution in [2.45, 2.75) is 20.0 Å². The van der Waals surface area contributed by atoms with Gasteiger partial charge in [-0.15, -0.1) is 0 Å². The molecule has 0 spiro atoms. The second-order valence-corrected chi connectivity index (χ2v) is 6.56. The highest BCUT2D eigenvalue weighted by Gasteiger charge is 2.19. The van der Waals surface area contributed by atoms with Gasteiger partial charge < -0.3 is 10.1 Å². The summed E-state index contributed by atoms with van der Waals surface area (Å²) in [7, 11) is 0. The number of amides is 1. The minimum Gasteiger partial charge on any atom is -0.481 e. The third kappa shape index (κ3) is 4.09. The van der Waals surface area contributed by atoms with Crippen LogP contribution >= 0.6 is 15.9 Å². The van der Waals surface area contributed by atoms with Crippen LogP contribution in [-0.2, 0) is 4.79 Å². The number of para-hydroxylation sites is 1. The summed E-state index contributed by atoms with van der Waals surface area (Å²) >= 11 is 3.43. The van der Waals surface area contributed by atoms with Gasteiger partial charge in [0.1, 0.15) is 5.75 Å². The number of nitrogens with zero attached hydrogens (tertiary/aromatic N) is 1. The van der Waals surface area contributed by atoms with Crippen LogP contribution in [0.15, 0.2) is 59.1 Å². The molecule has 5 nitrogen and oxygen atoms in total. The number of ether oxygens (including phenoxy) is 1. The fourth-order valence-corrected chi connectivity index (χ4v) is 2.73. The molecule has 0 aliphatic carbocycles. The van der Waals surface area contributed by atoms with E-state index in [9.17, 15) is 4.79 Å². The molecule has 1 atom stereocenters. The molecule has 6 heteroatoms. The molecule has 0 radical (unpaired) electrons. The summed E-state index contributed by atoms with van der Waals surface area (Å²) in [5.74, 6) is 0.888. The monoisotopic (exact) mass is 399 g/mol. The molecule has 1 aromatic heterocycles. The highest BCUT2D eigenvalue weighted by atomic mass is 79.9. The number of anilines is 1. The van der Waals surface area contributed by atoms with Crippen LogP contribution in [0.1, 0.15) is 12.6 Å². The molecule has 1 heterocycles. The molecule has 0 aliphatic rings. The molecule has 0 saturated heterocycles. The van der Waals surface area contributed by atoms with Gasteiger partial charge in [-0.05, 0) is 43.7 Å². The number of aryl methyl sites for hydroxylation is 1. The number of benzene rings is 2. The Bertz CT molecular complexity index is 860. The fourth-order valence-electron chi connectivity index (χ4n) is 2.46. The smallest absolute Gasteiger partial charge is 0.266 e. The first kappa shape index (κ1) is 17.2. The zero-order chi connectivity index (χ0) is 17.8. The third-order valence-electron chi connectivity index (χ3n) is 3.75. The Labute approximate surface area is 154 Å². The van der Waals surface area contributed by atoms with E-state index in [4.69, 9.17) is 4.74 Å². The van der Waals surface area contributed by atoms with Gasteiger partial charge in [0.25, 0.3) is 5.91 Å². The number of H-pyrrole nitrogens is 1. The molecule has 2 aromatic carbocycles. The molecule has 0 fully saturated rings. The van der Waals surface area contributed by atoms with Gasteiger partial charge in [-0.2, -0.15) is 5.10 Å². The van der Waals surface area contributed by atoms with Crippen molar-refractivity contribution in [2.24, 2.45) is 0 Å². The van der Waals surface area contributed by atoms with Crippen LogP contribution in [0.2, 0.25) is 0 Å². The number of aromatic nitrogens is 2. The second-order valence-electron chi connectivity index (χ2n) is 5.64. The van der Waals surface area contributed by atoms with Crippen LogP contribution in [0.25, 0.3) is 11.1 Å². The van der Waals surface area contributed by atoms with Crippen LogP contribution in [0, 0.1) is 6.92 Å². The molecule has 3 rings (SSSR count). The maximum Gasteiger partial charge on any atom is 0.266 e. The van der Waals surface area contributed by atoms with E-state index in [2.05, 4.69) is 31.4 Å². The van der Waals surface area contributed by atoms with E-state index in [1.54, 1.807) is 6.92 Å². The van der Waals surface area contributed by atoms with E-state index < -0.39 is 6.10 Å². The standard InChI is InChI=1S/C19H18BrN3O2/c1-12-17(14-8-10-15(20)11-9-14)18(23-22-12)21-19(24)13(2)25-16-6-4-3-5-7-16/h3-11,13H,1-2H3,(H2,21,22,23,24). The summed E-state index contributed by atoms with van der Waals surface area (Å²) in [4.78, 5) is 12.5. The van der Waals surface area contributed by atoms with Crippen molar-refractivity contribution >= 4 is 27.7 Å². The Balaban J connectivity index is 1.77. The zero-order valence-corrected chi connectivity index (χ0v) is 15.5. The van der Waals surface area contributed by atoms with Crippen LogP contribution in [-0.4, -0.2) is 22.2 Å². The summed E-state index contributed by atoms with van der Waals surface area (Å²) in [5, 5.41) is 9.99. The summed E-state index contributed by atoms with van der Waals surface area (Å²) in [6, 6.07) is 17.1. The van der Waals surface area contributed by atoms with Gasteiger partial charge in [0, 0.05) is 15.7 Å². The molecule has 0 aliphatic heterocycles. The quantitative estimate of drug-likeness (QED) is 0.660. The largest absolute Gasteiger partial charge is 0.481 e. The third-order valence-corrected chi connectivity index (χ3v) is 4.28. The molecule has 25 heavy (non-hydrogen) atoms. The lowest BCUT2D eigenvalue weighted by molar-refractivity contribution is -0.122. The molecule has 2 N–H and O–H groups in total. The lowest BCUT2D eigenvalue weighted by Crippen LogP contribution is -2.30. The predicted octanol–water partition coefficient (Wildman–Crippen LogP) is 4.55. The maximum absolute atomic E-state index is 12.5. The minimum absolute atomic E-state index is 0.256. The predicted molar refractivity (Wildman–Crippen MR) is 102 cm³/mol. The molecule has 3 aromatic rings. The minimum atomic E-state index is -0.642. The average Bonchev–Trinajstić information content (AvgIpc) is 2.97. The van der Waals surface area contributed by atoms with Gasteiger partial charge in [0.15, 0.2) is 11.9 Å². The van der Waals surface area contributed by atoms with Gasteiger partial charge in [-0.25, -0.2) is 0 Å². The Morgan fingerprint density at radius 2 is 1.84 bits per heavy atom. The Morgan fingerprint density at radius 3 is 2.52 bits per heavy atom. The number of rotatable bonds is 5. The first-order chi connectivity index (χ1) is 12.0. The van der Waals surface area contributed by atoms with E-state index in [-0.39, 0.29) is 5.91 Å². The van der Waals surface area contributed by atoms with Crippen molar-refractivity contribution in [2.75, 3.05) is 5.32 Å². The average molecular weight is 400 g/mol. The van der Waals surface area contributed by atoms with E-state index in [1.807, 2.05) is 61.5 Å². The molecule has 128 valence electrons. The number of carbonyl (C=O) groups excluding carboxylic acids is 1. The fraction of sp³-hybridized carbons (Fsp3) is 0.158. The van der Waals surface area contributed by atoms with Gasteiger partial charge >= 0.3 is 0 Å². The highest BCUT2D eigenvalue weighted by Crippen LogP contribution is 2.30. The van der Waals surface area contributed by atoms with Crippen molar-refractivity contribution in [1.29, 1.82) is 0 Å². The van der Waals surface area contributed by atoms with Crippen molar-refractivity contribution in [3.05, 3.63) is 64.8 Å². The molecular weight excluding hydrogens is 382 g/mol. The van der Waals surface area contributed by atoms with Crippen molar-refractivity contribution in [3.63, 3.8) is 0 Å². The van der Waals surface area contributed by atoms with Crippen LogP contribution in [0.3, 0.4) is 0 Å². The Hall–Kier alpha value is -2.60. The van der Waals surface area contributed by atoms with Crippen molar-refractivity contribution in [3.8, 4) is 16.9 Å². The summed E-state index contributed by atoms with van der Waals surface area (Å²) < 4.78 is 6.65. The number of hydrogen-bond donors (Lipinski definition) is 2. The molecular formula is C19H18BrN3O2. The lowest BCUT2D eigenvalue weighted by Gasteiger charge is -2.14. The van der Waals surface area contributed by atoms with Gasteiger partial charge in [0.05, 0.1) is 0 Å². The van der Waals surface area contributed by atoms with Crippen molar-refractivity contribution in [1.82, 2.24) is 10.2 Å². The van der Waals surface area contributed by atoms with Gasteiger partial charge in [-0.1, -0.05) is 46.3 Å². The highest BCUT2D eigenvalue weighted by molar-refractivity contribution is 9.10. The summed E-state index contributed by atoms with van der Waals surface area (Å²) in [6.07, 6.45) is -0.642. The molecule has 0 bridgehead atoms. The van der Waals surface area contributed by atoms with E-state index >= 15 is 0 Å². The summed E-state index contributed by atoms with van der Waals surface area (Å²) in [6.45, 7) is 3.63. The topological polar surface area (TPSA) is 67.0 Å². The number of halogens is 1. The molecule has 1 unspecified atom stereocenters. The Morgan fingerprint density at radius 1 is 1.16 bits per heavy atom. The lowest BCUT2D eigenvalue weighted by atomic mass is 10.1. The van der Waals surface area contributed by atoms with E-state index in [0.29, 0.717) is 11.6 Å². The van der Waals surface area contributed by atoms with Crippen LogP contribution < -0.4 is 10.1 Å². The number of nitrogens with one attached hydrogen (secondary N) is 2. The SMILES string of the molecule is Cc1[nH]nc(NC(=O)C(C)Oc2ccccc2)c1-c1ccc(Br)cc1. The van der Waals surface area contributed by atoms with E-state index in [0.717, 1.165) is 21.3 Å². The second kappa shape index (κ2) is 7.53. The van der Waals surface area contributed by atoms with Gasteiger partial charge in [0.2, 0.25) is 0 Å². The van der Waals surface area contributed by atoms with Crippen molar-refractivity contribution < 1.29 is 9.53 Å². The first-order valence-corrected chi connectivity index (χ1v) is 8.67. The number of hydrogen-bond acceptors (Lipinski definition) is 3. The normalized spacial score (nSPS) is 11.8. The van der Waals surface area contributed by atoms with Crippen LogP contribution in [0.5, 0.6) is 5.75 Å². The first-order valence-electron chi connectivity index (χ1n) is 7.88. The number of carbonyl (C=O) groups is 1. The number of aromatic amines is 1.